The fourth-order valence-corrected chi connectivity index (χ4v) is 5.42. The Kier molecular flexibility index (Phi) is 8.51. The van der Waals surface area contributed by atoms with E-state index in [0.29, 0.717) is 35.3 Å². The summed E-state index contributed by atoms with van der Waals surface area (Å²) in [6, 6.07) is 7.70. The van der Waals surface area contributed by atoms with Crippen molar-refractivity contribution < 1.29 is 19.1 Å². The molecule has 0 saturated heterocycles. The third kappa shape index (κ3) is 5.56. The summed E-state index contributed by atoms with van der Waals surface area (Å²) >= 11 is 2.69. The largest absolute Gasteiger partial charge is 0.494 e. The first-order valence-electron chi connectivity index (χ1n) is 10.7. The lowest BCUT2D eigenvalue weighted by atomic mass is 10.1. The minimum absolute atomic E-state index is 0.139. The van der Waals surface area contributed by atoms with Gasteiger partial charge in [0.25, 0.3) is 0 Å². The second-order valence-electron chi connectivity index (χ2n) is 7.03. The number of rotatable bonds is 10. The number of nitrogens with one attached hydrogen (secondary N) is 1. The summed E-state index contributed by atoms with van der Waals surface area (Å²) in [5.41, 5.74) is 2.27. The maximum Gasteiger partial charge on any atom is 0.341 e. The third-order valence-corrected chi connectivity index (χ3v) is 7.02. The molecule has 1 aromatic carbocycles. The Morgan fingerprint density at radius 2 is 1.88 bits per heavy atom. The van der Waals surface area contributed by atoms with Crippen molar-refractivity contribution in [1.82, 2.24) is 14.8 Å². The molecule has 1 amide bonds. The predicted molar refractivity (Wildman–Crippen MR) is 131 cm³/mol. The van der Waals surface area contributed by atoms with E-state index in [1.165, 1.54) is 30.2 Å². The highest BCUT2D eigenvalue weighted by Gasteiger charge is 2.23. The monoisotopic (exact) mass is 488 g/mol. The van der Waals surface area contributed by atoms with Gasteiger partial charge < -0.3 is 19.4 Å². The Hall–Kier alpha value is -2.85. The van der Waals surface area contributed by atoms with Gasteiger partial charge in [0.2, 0.25) is 5.91 Å². The maximum absolute atomic E-state index is 12.7. The molecule has 176 valence electrons. The first kappa shape index (κ1) is 24.8. The molecule has 0 atom stereocenters. The van der Waals surface area contributed by atoms with Crippen LogP contribution in [-0.2, 0) is 22.5 Å². The lowest BCUT2D eigenvalue weighted by Crippen LogP contribution is -2.16. The molecule has 3 rings (SSSR count). The summed E-state index contributed by atoms with van der Waals surface area (Å²) in [5, 5.41) is 12.7. The normalized spacial score (nSPS) is 10.8. The smallest absolute Gasteiger partial charge is 0.341 e. The number of thioether (sulfide) groups is 1. The van der Waals surface area contributed by atoms with Crippen LogP contribution in [0.5, 0.6) is 5.75 Å². The second-order valence-corrected chi connectivity index (χ2v) is 9.20. The Morgan fingerprint density at radius 1 is 1.15 bits per heavy atom. The molecular formula is C23H28N4O4S2. The van der Waals surface area contributed by atoms with E-state index in [4.69, 9.17) is 9.47 Å². The molecule has 0 unspecified atom stereocenters. The topological polar surface area (TPSA) is 95.3 Å². The van der Waals surface area contributed by atoms with Crippen LogP contribution in [0.15, 0.2) is 29.4 Å². The highest BCUT2D eigenvalue weighted by Crippen LogP contribution is 2.34. The average molecular weight is 489 g/mol. The van der Waals surface area contributed by atoms with Crippen molar-refractivity contribution in [3.8, 4) is 17.1 Å². The van der Waals surface area contributed by atoms with Crippen molar-refractivity contribution in [3.63, 3.8) is 0 Å². The number of aryl methyl sites for hydroxylation is 1. The Labute approximate surface area is 201 Å². The summed E-state index contributed by atoms with van der Waals surface area (Å²) in [5.74, 6) is 1.02. The molecule has 0 aliphatic carbocycles. The number of esters is 1. The zero-order valence-corrected chi connectivity index (χ0v) is 21.1. The number of carbonyl (C=O) groups is 2. The predicted octanol–water partition coefficient (Wildman–Crippen LogP) is 4.81. The van der Waals surface area contributed by atoms with E-state index in [1.807, 2.05) is 56.5 Å². The molecule has 0 saturated carbocycles. The molecule has 1 N–H and O–H groups in total. The van der Waals surface area contributed by atoms with Crippen LogP contribution in [-0.4, -0.2) is 46.1 Å². The van der Waals surface area contributed by atoms with Gasteiger partial charge in [-0.15, -0.1) is 21.5 Å². The number of ether oxygens (including phenoxy) is 2. The number of thiophene rings is 1. The number of hydrogen-bond acceptors (Lipinski definition) is 8. The third-order valence-electron chi connectivity index (χ3n) is 4.99. The molecule has 10 heteroatoms. The van der Waals surface area contributed by atoms with E-state index in [-0.39, 0.29) is 11.7 Å². The van der Waals surface area contributed by atoms with Gasteiger partial charge in [0, 0.05) is 17.0 Å². The summed E-state index contributed by atoms with van der Waals surface area (Å²) in [6.07, 6.45) is 0.686. The molecular weight excluding hydrogens is 460 g/mol. The van der Waals surface area contributed by atoms with E-state index in [0.717, 1.165) is 27.6 Å². The number of benzene rings is 1. The van der Waals surface area contributed by atoms with Crippen LogP contribution in [0.25, 0.3) is 11.4 Å². The molecule has 2 aromatic heterocycles. The molecule has 0 bridgehead atoms. The molecule has 0 spiro atoms. The average Bonchev–Trinajstić information content (AvgIpc) is 3.37. The standard InChI is InChI=1S/C23H28N4O4S2/c1-6-17-14(4)33-21(19(17)22(29)30-5)24-18(28)13-32-23-26-25-20(27(23)7-2)15-9-11-16(12-10-15)31-8-3/h9-12H,6-8,13H2,1-5H3,(H,24,28). The van der Waals surface area contributed by atoms with Crippen LogP contribution in [0.2, 0.25) is 0 Å². The van der Waals surface area contributed by atoms with E-state index in [2.05, 4.69) is 15.5 Å². The lowest BCUT2D eigenvalue weighted by Gasteiger charge is -2.09. The van der Waals surface area contributed by atoms with Gasteiger partial charge in [-0.3, -0.25) is 4.79 Å². The van der Waals surface area contributed by atoms with Crippen molar-refractivity contribution in [2.75, 3.05) is 24.8 Å². The van der Waals surface area contributed by atoms with Crippen molar-refractivity contribution in [1.29, 1.82) is 0 Å². The van der Waals surface area contributed by atoms with Crippen LogP contribution < -0.4 is 10.1 Å². The molecule has 2 heterocycles. The Morgan fingerprint density at radius 3 is 2.48 bits per heavy atom. The van der Waals surface area contributed by atoms with Gasteiger partial charge >= 0.3 is 5.97 Å². The fraction of sp³-hybridized carbons (Fsp3) is 0.391. The zero-order valence-electron chi connectivity index (χ0n) is 19.4. The number of anilines is 1. The quantitative estimate of drug-likeness (QED) is 0.323. The van der Waals surface area contributed by atoms with E-state index in [9.17, 15) is 9.59 Å². The number of hydrogen-bond donors (Lipinski definition) is 1. The Balaban J connectivity index is 1.72. The first-order valence-corrected chi connectivity index (χ1v) is 12.5. The van der Waals surface area contributed by atoms with Crippen molar-refractivity contribution in [2.24, 2.45) is 0 Å². The highest BCUT2D eigenvalue weighted by atomic mass is 32.2. The summed E-state index contributed by atoms with van der Waals surface area (Å²) in [7, 11) is 1.34. The lowest BCUT2D eigenvalue weighted by molar-refractivity contribution is -0.113. The van der Waals surface area contributed by atoms with Crippen molar-refractivity contribution in [3.05, 3.63) is 40.3 Å². The maximum atomic E-state index is 12.7. The van der Waals surface area contributed by atoms with Gasteiger partial charge in [-0.25, -0.2) is 4.79 Å². The molecule has 0 aliphatic rings. The van der Waals surface area contributed by atoms with Gasteiger partial charge in [-0.2, -0.15) is 0 Å². The van der Waals surface area contributed by atoms with E-state index >= 15 is 0 Å². The number of amides is 1. The molecule has 0 aliphatic heterocycles. The number of nitrogens with zero attached hydrogens (tertiary/aromatic N) is 3. The fourth-order valence-electron chi connectivity index (χ4n) is 3.46. The second kappa shape index (κ2) is 11.3. The van der Waals surface area contributed by atoms with Gasteiger partial charge in [0.05, 0.1) is 25.0 Å². The summed E-state index contributed by atoms with van der Waals surface area (Å²) in [4.78, 5) is 25.9. The molecule has 3 aromatic rings. The molecule has 0 fully saturated rings. The number of methoxy groups -OCH3 is 1. The Bertz CT molecular complexity index is 1120. The van der Waals surface area contributed by atoms with Crippen LogP contribution in [0.4, 0.5) is 5.00 Å². The highest BCUT2D eigenvalue weighted by molar-refractivity contribution is 7.99. The summed E-state index contributed by atoms with van der Waals surface area (Å²) in [6.45, 7) is 9.14. The van der Waals surface area contributed by atoms with Crippen molar-refractivity contribution >= 4 is 40.0 Å². The van der Waals surface area contributed by atoms with Gasteiger partial charge in [-0.05, 0) is 57.0 Å². The molecule has 8 nitrogen and oxygen atoms in total. The van der Waals surface area contributed by atoms with Crippen LogP contribution in [0, 0.1) is 6.92 Å². The van der Waals surface area contributed by atoms with Crippen LogP contribution in [0.1, 0.15) is 41.6 Å². The van der Waals surface area contributed by atoms with Gasteiger partial charge in [-0.1, -0.05) is 18.7 Å². The minimum Gasteiger partial charge on any atom is -0.494 e. The number of carbonyl (C=O) groups excluding carboxylic acids is 2. The van der Waals surface area contributed by atoms with Gasteiger partial charge in [0.1, 0.15) is 10.8 Å². The summed E-state index contributed by atoms with van der Waals surface area (Å²) < 4.78 is 12.4. The molecule has 0 radical (unpaired) electrons. The van der Waals surface area contributed by atoms with E-state index in [1.54, 1.807) is 0 Å². The first-order chi connectivity index (χ1) is 15.9. The van der Waals surface area contributed by atoms with Gasteiger partial charge in [0.15, 0.2) is 11.0 Å². The SMILES string of the molecule is CCOc1ccc(-c2nnc(SCC(=O)Nc3sc(C)c(CC)c3C(=O)OC)n2CC)cc1. The van der Waals surface area contributed by atoms with Crippen LogP contribution >= 0.6 is 23.1 Å². The number of aromatic nitrogens is 3. The minimum atomic E-state index is -0.440. The van der Waals surface area contributed by atoms with Crippen LogP contribution in [0.3, 0.4) is 0 Å². The molecule has 33 heavy (non-hydrogen) atoms. The van der Waals surface area contributed by atoms with Crippen molar-refractivity contribution in [2.45, 2.75) is 45.8 Å². The van der Waals surface area contributed by atoms with E-state index < -0.39 is 5.97 Å². The zero-order chi connectivity index (χ0) is 24.0.